The van der Waals surface area contributed by atoms with E-state index >= 15 is 0 Å². The summed E-state index contributed by atoms with van der Waals surface area (Å²) in [6.07, 6.45) is 1.55. The average molecular weight is 419 g/mol. The molecule has 0 radical (unpaired) electrons. The van der Waals surface area contributed by atoms with Crippen LogP contribution in [0.15, 0.2) is 52.6 Å². The van der Waals surface area contributed by atoms with E-state index in [-0.39, 0.29) is 24.7 Å². The van der Waals surface area contributed by atoms with E-state index < -0.39 is 11.9 Å². The van der Waals surface area contributed by atoms with Gasteiger partial charge in [0.2, 0.25) is 0 Å². The molecule has 1 aliphatic heterocycles. The minimum Gasteiger partial charge on any atom is -0.488 e. The molecule has 5 nitrogen and oxygen atoms in total. The first-order valence-corrected chi connectivity index (χ1v) is 8.79. The molecule has 1 N–H and O–H groups in total. The fourth-order valence-corrected chi connectivity index (χ4v) is 2.93. The Kier molecular flexibility index (Phi) is 5.37. The van der Waals surface area contributed by atoms with Gasteiger partial charge in [0.25, 0.3) is 5.91 Å². The highest BCUT2D eigenvalue weighted by molar-refractivity contribution is 9.10. The zero-order valence-electron chi connectivity index (χ0n) is 14.0. The monoisotopic (exact) mass is 418 g/mol. The number of nitrogens with one attached hydrogen (secondary N) is 1. The molecule has 7 heteroatoms. The van der Waals surface area contributed by atoms with Crippen molar-refractivity contribution in [2.24, 2.45) is 0 Å². The highest BCUT2D eigenvalue weighted by Crippen LogP contribution is 2.27. The molecule has 1 aliphatic rings. The number of likely N-dealkylation sites (N-methyl/N-ethyl adjacent to an activating group) is 1. The lowest BCUT2D eigenvalue weighted by atomic mass is 10.1. The summed E-state index contributed by atoms with van der Waals surface area (Å²) in [5, 5.41) is 2.55. The summed E-state index contributed by atoms with van der Waals surface area (Å²) in [5.41, 5.74) is 1.19. The summed E-state index contributed by atoms with van der Waals surface area (Å²) in [6.45, 7) is 2.06. The quantitative estimate of drug-likeness (QED) is 0.587. The van der Waals surface area contributed by atoms with Crippen molar-refractivity contribution < 1.29 is 18.7 Å². The fourth-order valence-electron chi connectivity index (χ4n) is 2.55. The number of urea groups is 1. The maximum atomic E-state index is 13.8. The molecule has 0 unspecified atom stereocenters. The second-order valence-electron chi connectivity index (χ2n) is 5.60. The third kappa shape index (κ3) is 3.77. The van der Waals surface area contributed by atoms with Crippen LogP contribution in [0.1, 0.15) is 18.1 Å². The Bertz CT molecular complexity index is 898. The number of hydrogen-bond donors (Lipinski definition) is 1. The summed E-state index contributed by atoms with van der Waals surface area (Å²) in [7, 11) is 0. The zero-order chi connectivity index (χ0) is 18.7. The lowest BCUT2D eigenvalue weighted by molar-refractivity contribution is -0.122. The van der Waals surface area contributed by atoms with E-state index in [9.17, 15) is 14.0 Å². The van der Waals surface area contributed by atoms with E-state index in [1.807, 2.05) is 0 Å². The minimum absolute atomic E-state index is 0.0475. The van der Waals surface area contributed by atoms with E-state index in [1.165, 1.54) is 6.07 Å². The Balaban J connectivity index is 1.87. The van der Waals surface area contributed by atoms with Gasteiger partial charge in [-0.2, -0.15) is 0 Å². The van der Waals surface area contributed by atoms with Gasteiger partial charge in [0.05, 0.1) is 0 Å². The zero-order valence-corrected chi connectivity index (χ0v) is 15.5. The normalized spacial score (nSPS) is 15.5. The van der Waals surface area contributed by atoms with E-state index in [1.54, 1.807) is 49.4 Å². The number of hydrogen-bond acceptors (Lipinski definition) is 3. The second kappa shape index (κ2) is 7.70. The van der Waals surface area contributed by atoms with Crippen molar-refractivity contribution in [2.75, 3.05) is 6.54 Å². The van der Waals surface area contributed by atoms with Gasteiger partial charge in [-0.25, -0.2) is 9.18 Å². The van der Waals surface area contributed by atoms with Crippen molar-refractivity contribution in [1.82, 2.24) is 10.2 Å². The molecule has 2 aromatic carbocycles. The van der Waals surface area contributed by atoms with Crippen LogP contribution in [-0.4, -0.2) is 23.4 Å². The van der Waals surface area contributed by atoms with Gasteiger partial charge in [-0.15, -0.1) is 0 Å². The second-order valence-corrected chi connectivity index (χ2v) is 6.52. The maximum absolute atomic E-state index is 13.8. The van der Waals surface area contributed by atoms with Gasteiger partial charge in [-0.1, -0.05) is 34.1 Å². The molecule has 3 rings (SSSR count). The highest BCUT2D eigenvalue weighted by Gasteiger charge is 2.32. The summed E-state index contributed by atoms with van der Waals surface area (Å²) in [6, 6.07) is 11.2. The lowest BCUT2D eigenvalue weighted by Crippen LogP contribution is -2.30. The van der Waals surface area contributed by atoms with Gasteiger partial charge in [0.15, 0.2) is 0 Å². The maximum Gasteiger partial charge on any atom is 0.328 e. The first-order chi connectivity index (χ1) is 12.5. The molecule has 26 heavy (non-hydrogen) atoms. The molecule has 0 saturated carbocycles. The molecule has 1 saturated heterocycles. The van der Waals surface area contributed by atoms with Crippen LogP contribution in [0.4, 0.5) is 9.18 Å². The van der Waals surface area contributed by atoms with Crippen LogP contribution < -0.4 is 10.1 Å². The van der Waals surface area contributed by atoms with E-state index in [0.29, 0.717) is 16.9 Å². The molecule has 1 heterocycles. The predicted molar refractivity (Wildman–Crippen MR) is 98.8 cm³/mol. The Morgan fingerprint density at radius 1 is 1.23 bits per heavy atom. The number of amides is 3. The Hall–Kier alpha value is -2.67. The number of benzene rings is 2. The lowest BCUT2D eigenvalue weighted by Gasteiger charge is -2.11. The number of carbonyl (C=O) groups excluding carboxylic acids is 2. The van der Waals surface area contributed by atoms with E-state index in [4.69, 9.17) is 4.74 Å². The SMILES string of the molecule is CCN1C(=O)N/C(=C/c2cc(Br)ccc2OCc2ccccc2F)C1=O. The van der Waals surface area contributed by atoms with Crippen LogP contribution in [0.3, 0.4) is 0 Å². The number of ether oxygens (including phenoxy) is 1. The molecule has 0 aromatic heterocycles. The van der Waals surface area contributed by atoms with Gasteiger partial charge in [0.1, 0.15) is 23.9 Å². The molecule has 1 fully saturated rings. The van der Waals surface area contributed by atoms with Crippen molar-refractivity contribution in [1.29, 1.82) is 0 Å². The van der Waals surface area contributed by atoms with Crippen LogP contribution in [0.2, 0.25) is 0 Å². The first-order valence-electron chi connectivity index (χ1n) is 8.00. The largest absolute Gasteiger partial charge is 0.488 e. The molecule has 0 atom stereocenters. The molecule has 3 amide bonds. The van der Waals surface area contributed by atoms with Crippen LogP contribution in [0.25, 0.3) is 6.08 Å². The van der Waals surface area contributed by atoms with Crippen LogP contribution in [0.5, 0.6) is 5.75 Å². The highest BCUT2D eigenvalue weighted by atomic mass is 79.9. The van der Waals surface area contributed by atoms with Crippen LogP contribution in [-0.2, 0) is 11.4 Å². The summed E-state index contributed by atoms with van der Waals surface area (Å²) < 4.78 is 20.3. The molecule has 0 spiro atoms. The van der Waals surface area contributed by atoms with Gasteiger partial charge in [-0.3, -0.25) is 9.69 Å². The topological polar surface area (TPSA) is 58.6 Å². The number of imide groups is 1. The number of nitrogens with zero attached hydrogens (tertiary/aromatic N) is 1. The average Bonchev–Trinajstić information content (AvgIpc) is 2.88. The Morgan fingerprint density at radius 3 is 2.69 bits per heavy atom. The Morgan fingerprint density at radius 2 is 2.00 bits per heavy atom. The summed E-state index contributed by atoms with van der Waals surface area (Å²) in [5.74, 6) is -0.264. The fraction of sp³-hybridized carbons (Fsp3) is 0.158. The van der Waals surface area contributed by atoms with Gasteiger partial charge in [-0.05, 0) is 37.3 Å². The van der Waals surface area contributed by atoms with Gasteiger partial charge in [0, 0.05) is 22.1 Å². The van der Waals surface area contributed by atoms with Crippen LogP contribution >= 0.6 is 15.9 Å². The van der Waals surface area contributed by atoms with Crippen LogP contribution in [0, 0.1) is 5.82 Å². The molecule has 0 aliphatic carbocycles. The molecular weight excluding hydrogens is 403 g/mol. The van der Waals surface area contributed by atoms with Crippen molar-refractivity contribution in [2.45, 2.75) is 13.5 Å². The molecular formula is C19H16BrFN2O3. The molecule has 134 valence electrons. The van der Waals surface area contributed by atoms with Gasteiger partial charge < -0.3 is 10.1 Å². The first kappa shape index (κ1) is 18.1. The van der Waals surface area contributed by atoms with Gasteiger partial charge >= 0.3 is 6.03 Å². The Labute approximate surface area is 158 Å². The number of halogens is 2. The van der Waals surface area contributed by atoms with E-state index in [2.05, 4.69) is 21.2 Å². The number of carbonyl (C=O) groups is 2. The smallest absolute Gasteiger partial charge is 0.328 e. The third-order valence-electron chi connectivity index (χ3n) is 3.89. The summed E-state index contributed by atoms with van der Waals surface area (Å²) in [4.78, 5) is 25.1. The minimum atomic E-state index is -0.451. The molecule has 2 aromatic rings. The van der Waals surface area contributed by atoms with Crippen molar-refractivity contribution in [3.8, 4) is 5.75 Å². The van der Waals surface area contributed by atoms with E-state index in [0.717, 1.165) is 9.37 Å². The van der Waals surface area contributed by atoms with Crippen molar-refractivity contribution in [3.05, 3.63) is 69.6 Å². The van der Waals surface area contributed by atoms with Crippen molar-refractivity contribution in [3.63, 3.8) is 0 Å². The van der Waals surface area contributed by atoms with Crippen molar-refractivity contribution >= 4 is 33.9 Å². The predicted octanol–water partition coefficient (Wildman–Crippen LogP) is 4.08. The summed E-state index contributed by atoms with van der Waals surface area (Å²) >= 11 is 3.38. The number of rotatable bonds is 5. The standard InChI is InChI=1S/C19H16BrFN2O3/c1-2-23-18(24)16(22-19(23)25)10-13-9-14(20)7-8-17(13)26-11-12-5-3-4-6-15(12)21/h3-10H,2,11H2,1H3,(H,22,25)/b16-10+. The molecule has 0 bridgehead atoms. The third-order valence-corrected chi connectivity index (χ3v) is 4.38.